The Kier molecular flexibility index (Phi) is 4.30. The normalized spacial score (nSPS) is 12.5. The molecule has 0 aliphatic carbocycles. The van der Waals surface area contributed by atoms with Crippen molar-refractivity contribution < 1.29 is 5.11 Å². The molecule has 5 nitrogen and oxygen atoms in total. The molecule has 0 spiro atoms. The number of aliphatic hydroxyl groups excluding tert-OH is 1. The molecule has 1 unspecified atom stereocenters. The zero-order valence-electron chi connectivity index (χ0n) is 9.08. The SMILES string of the molecule is Cc1cc(=O)[nH]c(NCCCC(C)O)n1. The predicted molar refractivity (Wildman–Crippen MR) is 59.0 cm³/mol. The van der Waals surface area contributed by atoms with E-state index in [-0.39, 0.29) is 11.7 Å². The van der Waals surface area contributed by atoms with Crippen molar-refractivity contribution in [3.05, 3.63) is 22.1 Å². The highest BCUT2D eigenvalue weighted by Gasteiger charge is 1.98. The molecule has 0 radical (unpaired) electrons. The Morgan fingerprint density at radius 3 is 3.00 bits per heavy atom. The van der Waals surface area contributed by atoms with Gasteiger partial charge in [0.15, 0.2) is 0 Å². The summed E-state index contributed by atoms with van der Waals surface area (Å²) in [7, 11) is 0. The summed E-state index contributed by atoms with van der Waals surface area (Å²) in [4.78, 5) is 17.8. The molecule has 15 heavy (non-hydrogen) atoms. The van der Waals surface area contributed by atoms with Crippen molar-refractivity contribution in [2.45, 2.75) is 32.8 Å². The van der Waals surface area contributed by atoms with E-state index in [1.165, 1.54) is 6.07 Å². The molecule has 3 N–H and O–H groups in total. The van der Waals surface area contributed by atoms with Gasteiger partial charge in [0.2, 0.25) is 5.95 Å². The van der Waals surface area contributed by atoms with Crippen LogP contribution in [0.1, 0.15) is 25.5 Å². The van der Waals surface area contributed by atoms with Gasteiger partial charge in [-0.3, -0.25) is 9.78 Å². The maximum absolute atomic E-state index is 11.1. The van der Waals surface area contributed by atoms with Crippen LogP contribution in [0.3, 0.4) is 0 Å². The first-order chi connectivity index (χ1) is 7.08. The van der Waals surface area contributed by atoms with Gasteiger partial charge in [-0.15, -0.1) is 0 Å². The van der Waals surface area contributed by atoms with E-state index in [1.807, 2.05) is 0 Å². The monoisotopic (exact) mass is 211 g/mol. The fourth-order valence-corrected chi connectivity index (χ4v) is 1.27. The standard InChI is InChI=1S/C10H17N3O2/c1-7-6-9(15)13-10(12-7)11-5-3-4-8(2)14/h6,8,14H,3-5H2,1-2H3,(H2,11,12,13,15). The molecule has 0 aromatic carbocycles. The van der Waals surface area contributed by atoms with Crippen molar-refractivity contribution >= 4 is 5.95 Å². The lowest BCUT2D eigenvalue weighted by atomic mass is 10.2. The maximum Gasteiger partial charge on any atom is 0.252 e. The molecule has 0 saturated carbocycles. The molecule has 84 valence electrons. The number of H-pyrrole nitrogens is 1. The summed E-state index contributed by atoms with van der Waals surface area (Å²) in [5, 5.41) is 12.0. The van der Waals surface area contributed by atoms with Crippen LogP contribution in [0.15, 0.2) is 10.9 Å². The number of hydrogen-bond donors (Lipinski definition) is 3. The van der Waals surface area contributed by atoms with Crippen molar-refractivity contribution in [2.75, 3.05) is 11.9 Å². The molecule has 5 heteroatoms. The fraction of sp³-hybridized carbons (Fsp3) is 0.600. The van der Waals surface area contributed by atoms with Gasteiger partial charge in [0.25, 0.3) is 5.56 Å². The molecule has 0 bridgehead atoms. The van der Waals surface area contributed by atoms with E-state index < -0.39 is 0 Å². The number of aromatic nitrogens is 2. The lowest BCUT2D eigenvalue weighted by molar-refractivity contribution is 0.183. The lowest BCUT2D eigenvalue weighted by Crippen LogP contribution is -2.14. The summed E-state index contributed by atoms with van der Waals surface area (Å²) in [5.41, 5.74) is 0.539. The number of aryl methyl sites for hydroxylation is 1. The number of rotatable bonds is 5. The summed E-state index contributed by atoms with van der Waals surface area (Å²) in [6.07, 6.45) is 1.30. The minimum Gasteiger partial charge on any atom is -0.393 e. The third kappa shape index (κ3) is 4.60. The number of nitrogens with one attached hydrogen (secondary N) is 2. The molecule has 1 aromatic rings. The van der Waals surface area contributed by atoms with Gasteiger partial charge in [-0.1, -0.05) is 0 Å². The molecular weight excluding hydrogens is 194 g/mol. The van der Waals surface area contributed by atoms with Gasteiger partial charge < -0.3 is 10.4 Å². The van der Waals surface area contributed by atoms with Crippen molar-refractivity contribution in [3.63, 3.8) is 0 Å². The molecule has 0 aliphatic heterocycles. The Labute approximate surface area is 88.6 Å². The Hall–Kier alpha value is -1.36. The second-order valence-electron chi connectivity index (χ2n) is 3.65. The Bertz CT molecular complexity index is 360. The summed E-state index contributed by atoms with van der Waals surface area (Å²) in [6, 6.07) is 1.45. The van der Waals surface area contributed by atoms with Gasteiger partial charge in [-0.05, 0) is 26.7 Å². The third-order valence-corrected chi connectivity index (χ3v) is 1.96. The van der Waals surface area contributed by atoms with Crippen LogP contribution in [0, 0.1) is 6.92 Å². The first kappa shape index (κ1) is 11.7. The van der Waals surface area contributed by atoms with Gasteiger partial charge >= 0.3 is 0 Å². The van der Waals surface area contributed by atoms with Crippen molar-refractivity contribution in [2.24, 2.45) is 0 Å². The van der Waals surface area contributed by atoms with Crippen molar-refractivity contribution in [1.29, 1.82) is 0 Å². The molecule has 0 saturated heterocycles. The van der Waals surface area contributed by atoms with Gasteiger partial charge in [0.05, 0.1) is 6.10 Å². The molecule has 1 rings (SSSR count). The highest BCUT2D eigenvalue weighted by Crippen LogP contribution is 1.99. The number of aliphatic hydroxyl groups is 1. The quantitative estimate of drug-likeness (QED) is 0.625. The van der Waals surface area contributed by atoms with Crippen LogP contribution in [0.5, 0.6) is 0 Å². The lowest BCUT2D eigenvalue weighted by Gasteiger charge is -2.06. The Morgan fingerprint density at radius 1 is 1.67 bits per heavy atom. The summed E-state index contributed by atoms with van der Waals surface area (Å²) < 4.78 is 0. The third-order valence-electron chi connectivity index (χ3n) is 1.96. The number of aromatic amines is 1. The number of anilines is 1. The topological polar surface area (TPSA) is 78.0 Å². The average Bonchev–Trinajstić information content (AvgIpc) is 2.10. The zero-order valence-corrected chi connectivity index (χ0v) is 9.08. The molecule has 1 atom stereocenters. The van der Waals surface area contributed by atoms with Crippen molar-refractivity contribution in [1.82, 2.24) is 9.97 Å². The highest BCUT2D eigenvalue weighted by molar-refractivity contribution is 5.24. The predicted octanol–water partition coefficient (Wildman–Crippen LogP) is 0.651. The first-order valence-corrected chi connectivity index (χ1v) is 5.08. The van der Waals surface area contributed by atoms with Gasteiger partial charge in [0, 0.05) is 18.3 Å². The molecule has 1 heterocycles. The fourth-order valence-electron chi connectivity index (χ4n) is 1.27. The van der Waals surface area contributed by atoms with Crippen LogP contribution in [0.2, 0.25) is 0 Å². The van der Waals surface area contributed by atoms with Crippen LogP contribution in [-0.2, 0) is 0 Å². The van der Waals surface area contributed by atoms with E-state index in [2.05, 4.69) is 15.3 Å². The van der Waals surface area contributed by atoms with E-state index in [0.717, 1.165) is 12.8 Å². The summed E-state index contributed by atoms with van der Waals surface area (Å²) >= 11 is 0. The second-order valence-corrected chi connectivity index (χ2v) is 3.65. The van der Waals surface area contributed by atoms with Gasteiger partial charge in [-0.25, -0.2) is 4.98 Å². The minimum absolute atomic E-state index is 0.152. The van der Waals surface area contributed by atoms with Crippen molar-refractivity contribution in [3.8, 4) is 0 Å². The number of nitrogens with zero attached hydrogens (tertiary/aromatic N) is 1. The van der Waals surface area contributed by atoms with E-state index in [4.69, 9.17) is 5.11 Å². The van der Waals surface area contributed by atoms with Crippen LogP contribution < -0.4 is 10.9 Å². The van der Waals surface area contributed by atoms with Gasteiger partial charge in [-0.2, -0.15) is 0 Å². The molecular formula is C10H17N3O2. The van der Waals surface area contributed by atoms with Gasteiger partial charge in [0.1, 0.15) is 0 Å². The van der Waals surface area contributed by atoms with E-state index >= 15 is 0 Å². The van der Waals surface area contributed by atoms with E-state index in [9.17, 15) is 4.79 Å². The highest BCUT2D eigenvalue weighted by atomic mass is 16.3. The van der Waals surface area contributed by atoms with Crippen LogP contribution in [0.25, 0.3) is 0 Å². The van der Waals surface area contributed by atoms with Crippen LogP contribution in [-0.4, -0.2) is 27.7 Å². The summed E-state index contributed by atoms with van der Waals surface area (Å²) in [5.74, 6) is 0.491. The molecule has 0 fully saturated rings. The number of hydrogen-bond acceptors (Lipinski definition) is 4. The average molecular weight is 211 g/mol. The molecule has 0 aliphatic rings. The second kappa shape index (κ2) is 5.50. The maximum atomic E-state index is 11.1. The largest absolute Gasteiger partial charge is 0.393 e. The Morgan fingerprint density at radius 2 is 2.40 bits per heavy atom. The summed E-state index contributed by atoms with van der Waals surface area (Å²) in [6.45, 7) is 4.22. The molecule has 0 amide bonds. The van der Waals surface area contributed by atoms with Crippen LogP contribution >= 0.6 is 0 Å². The smallest absolute Gasteiger partial charge is 0.252 e. The van der Waals surface area contributed by atoms with E-state index in [0.29, 0.717) is 18.2 Å². The molecule has 1 aromatic heterocycles. The van der Waals surface area contributed by atoms with Crippen LogP contribution in [0.4, 0.5) is 5.95 Å². The Balaban J connectivity index is 2.40. The van der Waals surface area contributed by atoms with E-state index in [1.54, 1.807) is 13.8 Å². The first-order valence-electron chi connectivity index (χ1n) is 5.08. The zero-order chi connectivity index (χ0) is 11.3. The minimum atomic E-state index is -0.281.